The van der Waals surface area contributed by atoms with Crippen LogP contribution in [0.1, 0.15) is 22.1 Å². The number of methoxy groups -OCH3 is 1. The zero-order valence-corrected chi connectivity index (χ0v) is 16.7. The summed E-state index contributed by atoms with van der Waals surface area (Å²) >= 11 is 0. The smallest absolute Gasteiger partial charge is 0.262 e. The van der Waals surface area contributed by atoms with E-state index >= 15 is 0 Å². The molecular formula is C23H20FN3O4. The fraction of sp³-hybridized carbons (Fsp3) is 0.130. The summed E-state index contributed by atoms with van der Waals surface area (Å²) in [6, 6.07) is 18.0. The average molecular weight is 421 g/mol. The van der Waals surface area contributed by atoms with Crippen molar-refractivity contribution >= 4 is 23.2 Å². The van der Waals surface area contributed by atoms with Crippen molar-refractivity contribution in [2.24, 2.45) is 5.73 Å². The molecule has 0 aliphatic carbocycles. The van der Waals surface area contributed by atoms with Crippen molar-refractivity contribution in [3.8, 4) is 11.5 Å². The maximum Gasteiger partial charge on any atom is 0.262 e. The van der Waals surface area contributed by atoms with Crippen LogP contribution >= 0.6 is 0 Å². The highest BCUT2D eigenvalue weighted by atomic mass is 19.1. The maximum absolute atomic E-state index is 13.5. The molecule has 4 rings (SSSR count). The number of carbonyl (C=O) groups excluding carboxylic acids is 2. The number of para-hydroxylation sites is 1. The molecule has 0 radical (unpaired) electrons. The molecule has 8 heteroatoms. The van der Waals surface area contributed by atoms with Gasteiger partial charge in [0.05, 0.1) is 12.7 Å². The Balaban J connectivity index is 1.77. The van der Waals surface area contributed by atoms with Gasteiger partial charge in [0.2, 0.25) is 0 Å². The average Bonchev–Trinajstić information content (AvgIpc) is 2.78. The molecule has 0 saturated carbocycles. The first kappa shape index (κ1) is 20.2. The Kier molecular flexibility index (Phi) is 5.44. The van der Waals surface area contributed by atoms with Crippen LogP contribution in [0.3, 0.4) is 0 Å². The summed E-state index contributed by atoms with van der Waals surface area (Å²) in [6.07, 6.45) is -0.591. The number of hydrogen-bond donors (Lipinski definition) is 2. The summed E-state index contributed by atoms with van der Waals surface area (Å²) in [6.45, 7) is -0.287. The first-order valence-electron chi connectivity index (χ1n) is 9.51. The number of ether oxygens (including phenoxy) is 2. The lowest BCUT2D eigenvalue weighted by atomic mass is 10.0. The standard InChI is InChI=1S/C23H20FN3O4/c1-30-20-12-14(6-11-19(20)31-13-21(25)28)22-26-18-5-3-2-4-17(18)23(29)27(22)16-9-7-15(24)8-10-16/h2-12,22,26H,13H2,1H3,(H2,25,28). The summed E-state index contributed by atoms with van der Waals surface area (Å²) < 4.78 is 24.3. The molecule has 1 atom stereocenters. The van der Waals surface area contributed by atoms with Gasteiger partial charge in [-0.25, -0.2) is 4.39 Å². The minimum Gasteiger partial charge on any atom is -0.493 e. The van der Waals surface area contributed by atoms with Crippen LogP contribution in [0.15, 0.2) is 66.7 Å². The van der Waals surface area contributed by atoms with E-state index in [-0.39, 0.29) is 12.5 Å². The van der Waals surface area contributed by atoms with Crippen LogP contribution in [0, 0.1) is 5.82 Å². The molecule has 3 aromatic rings. The van der Waals surface area contributed by atoms with E-state index < -0.39 is 17.9 Å². The summed E-state index contributed by atoms with van der Waals surface area (Å²) in [5, 5.41) is 3.37. The van der Waals surface area contributed by atoms with Crippen LogP contribution in [0.2, 0.25) is 0 Å². The first-order chi connectivity index (χ1) is 15.0. The van der Waals surface area contributed by atoms with Gasteiger partial charge in [0.15, 0.2) is 18.1 Å². The fourth-order valence-electron chi connectivity index (χ4n) is 3.48. The van der Waals surface area contributed by atoms with Crippen molar-refractivity contribution < 1.29 is 23.5 Å². The van der Waals surface area contributed by atoms with Crippen molar-refractivity contribution in [3.63, 3.8) is 0 Å². The van der Waals surface area contributed by atoms with E-state index in [1.165, 1.54) is 19.2 Å². The quantitative estimate of drug-likeness (QED) is 0.636. The zero-order chi connectivity index (χ0) is 22.0. The largest absolute Gasteiger partial charge is 0.493 e. The normalized spacial score (nSPS) is 15.1. The summed E-state index contributed by atoms with van der Waals surface area (Å²) in [7, 11) is 1.47. The first-order valence-corrected chi connectivity index (χ1v) is 9.51. The van der Waals surface area contributed by atoms with E-state index in [1.807, 2.05) is 12.1 Å². The number of hydrogen-bond acceptors (Lipinski definition) is 5. The van der Waals surface area contributed by atoms with E-state index in [2.05, 4.69) is 5.32 Å². The molecule has 0 spiro atoms. The molecule has 31 heavy (non-hydrogen) atoms. The van der Waals surface area contributed by atoms with Crippen molar-refractivity contribution in [2.45, 2.75) is 6.17 Å². The van der Waals surface area contributed by atoms with Crippen LogP contribution in [0.4, 0.5) is 15.8 Å². The lowest BCUT2D eigenvalue weighted by Gasteiger charge is -2.38. The number of halogens is 1. The van der Waals surface area contributed by atoms with Gasteiger partial charge in [0, 0.05) is 11.4 Å². The van der Waals surface area contributed by atoms with Crippen LogP contribution in [-0.2, 0) is 4.79 Å². The number of rotatable bonds is 6. The molecule has 1 aliphatic heterocycles. The van der Waals surface area contributed by atoms with E-state index in [0.29, 0.717) is 34.0 Å². The Morgan fingerprint density at radius 3 is 2.55 bits per heavy atom. The second kappa shape index (κ2) is 8.35. The van der Waals surface area contributed by atoms with E-state index in [9.17, 15) is 14.0 Å². The van der Waals surface area contributed by atoms with Crippen molar-refractivity contribution in [2.75, 3.05) is 23.9 Å². The van der Waals surface area contributed by atoms with Gasteiger partial charge in [0.25, 0.3) is 11.8 Å². The maximum atomic E-state index is 13.5. The van der Waals surface area contributed by atoms with Crippen LogP contribution in [-0.4, -0.2) is 25.5 Å². The van der Waals surface area contributed by atoms with Crippen molar-refractivity contribution in [1.29, 1.82) is 0 Å². The highest BCUT2D eigenvalue weighted by Gasteiger charge is 2.34. The number of nitrogens with two attached hydrogens (primary N) is 1. The number of carbonyl (C=O) groups is 2. The van der Waals surface area contributed by atoms with Gasteiger partial charge in [-0.1, -0.05) is 18.2 Å². The Bertz CT molecular complexity index is 1130. The van der Waals surface area contributed by atoms with Gasteiger partial charge in [-0.3, -0.25) is 14.5 Å². The minimum absolute atomic E-state index is 0.223. The molecule has 0 saturated heterocycles. The van der Waals surface area contributed by atoms with Gasteiger partial charge in [-0.05, 0) is 54.1 Å². The molecule has 1 heterocycles. The third-order valence-electron chi connectivity index (χ3n) is 4.90. The molecular weight excluding hydrogens is 401 g/mol. The van der Waals surface area contributed by atoms with Gasteiger partial charge < -0.3 is 20.5 Å². The predicted molar refractivity (Wildman–Crippen MR) is 114 cm³/mol. The number of primary amides is 1. The van der Waals surface area contributed by atoms with Gasteiger partial charge >= 0.3 is 0 Å². The Morgan fingerprint density at radius 1 is 1.10 bits per heavy atom. The monoisotopic (exact) mass is 421 g/mol. The van der Waals surface area contributed by atoms with Gasteiger partial charge in [0.1, 0.15) is 12.0 Å². The molecule has 1 aliphatic rings. The third-order valence-corrected chi connectivity index (χ3v) is 4.90. The van der Waals surface area contributed by atoms with Crippen LogP contribution in [0.5, 0.6) is 11.5 Å². The molecule has 7 nitrogen and oxygen atoms in total. The number of anilines is 2. The molecule has 2 amide bonds. The second-order valence-electron chi connectivity index (χ2n) is 6.91. The van der Waals surface area contributed by atoms with E-state index in [4.69, 9.17) is 15.2 Å². The van der Waals surface area contributed by atoms with Gasteiger partial charge in [-0.2, -0.15) is 0 Å². The summed E-state index contributed by atoms with van der Waals surface area (Å²) in [5.74, 6) is -0.494. The lowest BCUT2D eigenvalue weighted by molar-refractivity contribution is -0.119. The minimum atomic E-state index is -0.607. The molecule has 0 bridgehead atoms. The predicted octanol–water partition coefficient (Wildman–Crippen LogP) is 3.47. The van der Waals surface area contributed by atoms with Crippen LogP contribution < -0.4 is 25.4 Å². The number of nitrogens with zero attached hydrogens (tertiary/aromatic N) is 1. The van der Waals surface area contributed by atoms with Crippen LogP contribution in [0.25, 0.3) is 0 Å². The van der Waals surface area contributed by atoms with Crippen molar-refractivity contribution in [1.82, 2.24) is 0 Å². The second-order valence-corrected chi connectivity index (χ2v) is 6.91. The summed E-state index contributed by atoms with van der Waals surface area (Å²) in [5.41, 5.74) is 7.58. The zero-order valence-electron chi connectivity index (χ0n) is 16.7. The SMILES string of the molecule is COc1cc(C2Nc3ccccc3C(=O)N2c2ccc(F)cc2)ccc1OCC(N)=O. The highest BCUT2D eigenvalue weighted by molar-refractivity contribution is 6.12. The molecule has 0 aromatic heterocycles. The number of fused-ring (bicyclic) bond motifs is 1. The lowest BCUT2D eigenvalue weighted by Crippen LogP contribution is -2.43. The summed E-state index contributed by atoms with van der Waals surface area (Å²) in [4.78, 5) is 26.0. The molecule has 1 unspecified atom stereocenters. The van der Waals surface area contributed by atoms with E-state index in [0.717, 1.165) is 0 Å². The Morgan fingerprint density at radius 2 is 1.84 bits per heavy atom. The number of nitrogens with one attached hydrogen (secondary N) is 1. The van der Waals surface area contributed by atoms with Crippen molar-refractivity contribution in [3.05, 3.63) is 83.7 Å². The van der Waals surface area contributed by atoms with Gasteiger partial charge in [-0.15, -0.1) is 0 Å². The molecule has 3 aromatic carbocycles. The molecule has 3 N–H and O–H groups in total. The third kappa shape index (κ3) is 4.00. The highest BCUT2D eigenvalue weighted by Crippen LogP contribution is 2.39. The molecule has 0 fully saturated rings. The topological polar surface area (TPSA) is 93.9 Å². The number of amides is 2. The number of benzene rings is 3. The van der Waals surface area contributed by atoms with E-state index in [1.54, 1.807) is 47.4 Å². The molecule has 158 valence electrons. The Hall–Kier alpha value is -4.07. The fourth-order valence-corrected chi connectivity index (χ4v) is 3.48. The Labute approximate surface area is 178 Å².